The lowest BCUT2D eigenvalue weighted by atomic mass is 10.3. The molecule has 0 unspecified atom stereocenters. The molecule has 0 bridgehead atoms. The topological polar surface area (TPSA) is 35.0 Å². The Kier molecular flexibility index (Phi) is 3.15. The average Bonchev–Trinajstić information content (AvgIpc) is 2.22. The van der Waals surface area contributed by atoms with Gasteiger partial charge in [0.15, 0.2) is 0 Å². The Morgan fingerprint density at radius 1 is 1.20 bits per heavy atom. The minimum Gasteiger partial charge on any atom is -0.423 e. The Morgan fingerprint density at radius 3 is 2.73 bits per heavy atom. The first kappa shape index (κ1) is 10.4. The van der Waals surface area contributed by atoms with Crippen LogP contribution in [0.3, 0.4) is 0 Å². The van der Waals surface area contributed by atoms with E-state index >= 15 is 0 Å². The van der Waals surface area contributed by atoms with E-state index in [1.807, 2.05) is 37.3 Å². The van der Waals surface area contributed by atoms with Gasteiger partial charge in [0.1, 0.15) is 5.75 Å². The standard InChI is InChI=1S/C11H9IN2O/c1-8-6-7-13-11(14-8)15-10-5-3-2-4-9(10)12/h2-7H,1H3. The second-order valence-corrected chi connectivity index (χ2v) is 4.18. The molecule has 15 heavy (non-hydrogen) atoms. The molecule has 0 radical (unpaired) electrons. The van der Waals surface area contributed by atoms with Gasteiger partial charge in [-0.25, -0.2) is 9.97 Å². The molecule has 76 valence electrons. The van der Waals surface area contributed by atoms with Gasteiger partial charge in [-0.2, -0.15) is 0 Å². The summed E-state index contributed by atoms with van der Waals surface area (Å²) >= 11 is 2.22. The molecular weight excluding hydrogens is 303 g/mol. The number of aryl methyl sites for hydroxylation is 1. The van der Waals surface area contributed by atoms with Crippen molar-refractivity contribution in [3.63, 3.8) is 0 Å². The Labute approximate surface area is 102 Å². The van der Waals surface area contributed by atoms with Gasteiger partial charge in [-0.3, -0.25) is 0 Å². The molecule has 2 rings (SSSR count). The van der Waals surface area contributed by atoms with Gasteiger partial charge in [0.2, 0.25) is 0 Å². The lowest BCUT2D eigenvalue weighted by Gasteiger charge is -2.05. The fraction of sp³-hybridized carbons (Fsp3) is 0.0909. The van der Waals surface area contributed by atoms with Gasteiger partial charge in [0.05, 0.1) is 3.57 Å². The molecule has 3 nitrogen and oxygen atoms in total. The number of aromatic nitrogens is 2. The summed E-state index contributed by atoms with van der Waals surface area (Å²) in [6.45, 7) is 1.91. The summed E-state index contributed by atoms with van der Waals surface area (Å²) in [5.74, 6) is 0.781. The van der Waals surface area contributed by atoms with Gasteiger partial charge in [-0.05, 0) is 47.7 Å². The summed E-state index contributed by atoms with van der Waals surface area (Å²) in [5.41, 5.74) is 0.894. The molecular formula is C11H9IN2O. The van der Waals surface area contributed by atoms with E-state index in [2.05, 4.69) is 32.6 Å². The SMILES string of the molecule is Cc1ccnc(Oc2ccccc2I)n1. The van der Waals surface area contributed by atoms with Crippen molar-refractivity contribution in [1.29, 1.82) is 0 Å². The maximum Gasteiger partial charge on any atom is 0.322 e. The molecule has 0 amide bonds. The van der Waals surface area contributed by atoms with Crippen LogP contribution in [0.25, 0.3) is 0 Å². The van der Waals surface area contributed by atoms with E-state index in [0.717, 1.165) is 15.0 Å². The van der Waals surface area contributed by atoms with Crippen LogP contribution >= 0.6 is 22.6 Å². The highest BCUT2D eigenvalue weighted by Crippen LogP contribution is 2.23. The third kappa shape index (κ3) is 2.65. The second kappa shape index (κ2) is 4.57. The quantitative estimate of drug-likeness (QED) is 0.799. The first-order valence-corrected chi connectivity index (χ1v) is 5.55. The van der Waals surface area contributed by atoms with Crippen LogP contribution in [0.2, 0.25) is 0 Å². The Balaban J connectivity index is 2.26. The molecule has 1 heterocycles. The van der Waals surface area contributed by atoms with Gasteiger partial charge < -0.3 is 4.74 Å². The smallest absolute Gasteiger partial charge is 0.322 e. The fourth-order valence-electron chi connectivity index (χ4n) is 1.10. The number of nitrogens with zero attached hydrogens (tertiary/aromatic N) is 2. The normalized spacial score (nSPS) is 10.0. The summed E-state index contributed by atoms with van der Waals surface area (Å²) in [6.07, 6.45) is 1.69. The van der Waals surface area contributed by atoms with Crippen LogP contribution in [0.1, 0.15) is 5.69 Å². The molecule has 0 spiro atoms. The summed E-state index contributed by atoms with van der Waals surface area (Å²) in [7, 11) is 0. The van der Waals surface area contributed by atoms with Gasteiger partial charge in [-0.15, -0.1) is 0 Å². The Hall–Kier alpha value is -1.17. The fourth-order valence-corrected chi connectivity index (χ4v) is 1.60. The molecule has 0 fully saturated rings. The third-order valence-electron chi connectivity index (χ3n) is 1.81. The minimum absolute atomic E-state index is 0.388. The van der Waals surface area contributed by atoms with Crippen molar-refractivity contribution in [2.75, 3.05) is 0 Å². The predicted octanol–water partition coefficient (Wildman–Crippen LogP) is 3.18. The Morgan fingerprint density at radius 2 is 2.00 bits per heavy atom. The number of rotatable bonds is 2. The highest BCUT2D eigenvalue weighted by Gasteiger charge is 2.03. The highest BCUT2D eigenvalue weighted by atomic mass is 127. The molecule has 0 aliphatic rings. The predicted molar refractivity (Wildman–Crippen MR) is 66.0 cm³/mol. The first-order valence-electron chi connectivity index (χ1n) is 4.48. The van der Waals surface area contributed by atoms with E-state index in [9.17, 15) is 0 Å². The van der Waals surface area contributed by atoms with Gasteiger partial charge in [0.25, 0.3) is 0 Å². The van der Waals surface area contributed by atoms with Gasteiger partial charge in [-0.1, -0.05) is 12.1 Å². The molecule has 0 aliphatic carbocycles. The first-order chi connectivity index (χ1) is 7.25. The lowest BCUT2D eigenvalue weighted by molar-refractivity contribution is 0.437. The van der Waals surface area contributed by atoms with Crippen molar-refractivity contribution in [2.45, 2.75) is 6.92 Å². The van der Waals surface area contributed by atoms with Crippen molar-refractivity contribution in [1.82, 2.24) is 9.97 Å². The van der Waals surface area contributed by atoms with Crippen LogP contribution < -0.4 is 4.74 Å². The van der Waals surface area contributed by atoms with Gasteiger partial charge >= 0.3 is 6.01 Å². The van der Waals surface area contributed by atoms with E-state index in [-0.39, 0.29) is 0 Å². The van der Waals surface area contributed by atoms with Crippen molar-refractivity contribution < 1.29 is 4.74 Å². The summed E-state index contributed by atoms with van der Waals surface area (Å²) in [4.78, 5) is 8.21. The number of hydrogen-bond donors (Lipinski definition) is 0. The van der Waals surface area contributed by atoms with Crippen LogP contribution in [0, 0.1) is 10.5 Å². The number of benzene rings is 1. The number of para-hydroxylation sites is 1. The van der Waals surface area contributed by atoms with E-state index in [0.29, 0.717) is 6.01 Å². The molecule has 0 saturated heterocycles. The number of halogens is 1. The monoisotopic (exact) mass is 312 g/mol. The molecule has 4 heteroatoms. The number of hydrogen-bond acceptors (Lipinski definition) is 3. The molecule has 0 atom stereocenters. The molecule has 1 aromatic heterocycles. The largest absolute Gasteiger partial charge is 0.423 e. The van der Waals surface area contributed by atoms with E-state index in [1.54, 1.807) is 6.20 Å². The van der Waals surface area contributed by atoms with E-state index in [4.69, 9.17) is 4.74 Å². The van der Waals surface area contributed by atoms with Crippen LogP contribution in [-0.2, 0) is 0 Å². The van der Waals surface area contributed by atoms with Gasteiger partial charge in [0, 0.05) is 11.9 Å². The molecule has 0 N–H and O–H groups in total. The highest BCUT2D eigenvalue weighted by molar-refractivity contribution is 14.1. The van der Waals surface area contributed by atoms with Crippen LogP contribution in [0.4, 0.5) is 0 Å². The maximum absolute atomic E-state index is 5.56. The zero-order chi connectivity index (χ0) is 10.7. The van der Waals surface area contributed by atoms with Crippen LogP contribution in [0.5, 0.6) is 11.8 Å². The van der Waals surface area contributed by atoms with E-state index in [1.165, 1.54) is 0 Å². The van der Waals surface area contributed by atoms with E-state index < -0.39 is 0 Å². The van der Waals surface area contributed by atoms with Crippen molar-refractivity contribution in [2.24, 2.45) is 0 Å². The summed E-state index contributed by atoms with van der Waals surface area (Å²) < 4.78 is 6.60. The summed E-state index contributed by atoms with van der Waals surface area (Å²) in [5, 5.41) is 0. The zero-order valence-electron chi connectivity index (χ0n) is 8.14. The third-order valence-corrected chi connectivity index (χ3v) is 2.70. The molecule has 0 saturated carbocycles. The van der Waals surface area contributed by atoms with Crippen molar-refractivity contribution >= 4 is 22.6 Å². The Bertz CT molecular complexity index is 474. The average molecular weight is 312 g/mol. The summed E-state index contributed by atoms with van der Waals surface area (Å²) in [6, 6.07) is 9.99. The van der Waals surface area contributed by atoms with Crippen LogP contribution in [0.15, 0.2) is 36.5 Å². The minimum atomic E-state index is 0.388. The lowest BCUT2D eigenvalue weighted by Crippen LogP contribution is -1.93. The van der Waals surface area contributed by atoms with Crippen molar-refractivity contribution in [3.05, 3.63) is 45.8 Å². The zero-order valence-corrected chi connectivity index (χ0v) is 10.3. The van der Waals surface area contributed by atoms with Crippen molar-refractivity contribution in [3.8, 4) is 11.8 Å². The molecule has 0 aliphatic heterocycles. The van der Waals surface area contributed by atoms with Crippen LogP contribution in [-0.4, -0.2) is 9.97 Å². The molecule has 1 aromatic carbocycles. The molecule has 2 aromatic rings. The second-order valence-electron chi connectivity index (χ2n) is 3.01. The maximum atomic E-state index is 5.56. The number of ether oxygens (including phenoxy) is 1.